The van der Waals surface area contributed by atoms with Gasteiger partial charge >= 0.3 is 5.97 Å². The first-order valence-electron chi connectivity index (χ1n) is 9.04. The summed E-state index contributed by atoms with van der Waals surface area (Å²) in [6.07, 6.45) is 0. The van der Waals surface area contributed by atoms with Gasteiger partial charge in [-0.2, -0.15) is 0 Å². The number of carboxylic acid groups (broad SMARTS) is 1. The molecule has 0 radical (unpaired) electrons. The molecule has 26 heavy (non-hydrogen) atoms. The number of amides is 1. The number of fused-ring (bicyclic) bond motifs is 1. The van der Waals surface area contributed by atoms with Crippen LogP contribution >= 0.6 is 0 Å². The molecular formula is C19H26N4O3. The van der Waals surface area contributed by atoms with Crippen molar-refractivity contribution in [2.45, 2.75) is 19.9 Å². The maximum Gasteiger partial charge on any atom is 0.325 e. The van der Waals surface area contributed by atoms with Gasteiger partial charge < -0.3 is 15.4 Å². The van der Waals surface area contributed by atoms with Gasteiger partial charge in [0.15, 0.2) is 0 Å². The first-order valence-corrected chi connectivity index (χ1v) is 9.04. The van der Waals surface area contributed by atoms with Crippen molar-refractivity contribution < 1.29 is 14.7 Å². The predicted octanol–water partition coefficient (Wildman–Crippen LogP) is 1.36. The Balaban J connectivity index is 1.77. The number of H-pyrrole nitrogens is 1. The normalized spacial score (nSPS) is 17.3. The Hall–Kier alpha value is -2.38. The fourth-order valence-corrected chi connectivity index (χ4v) is 3.75. The number of nitrogens with one attached hydrogen (secondary N) is 2. The lowest BCUT2D eigenvalue weighted by atomic mass is 10.0. The lowest BCUT2D eigenvalue weighted by molar-refractivity contribution is -0.144. The topological polar surface area (TPSA) is 88.7 Å². The number of piperazine rings is 1. The van der Waals surface area contributed by atoms with Crippen molar-refractivity contribution in [3.63, 3.8) is 0 Å². The average Bonchev–Trinajstić information content (AvgIpc) is 2.93. The van der Waals surface area contributed by atoms with Crippen LogP contribution in [0.2, 0.25) is 0 Å². The van der Waals surface area contributed by atoms with Crippen molar-refractivity contribution in [1.29, 1.82) is 0 Å². The molecule has 7 heteroatoms. The maximum absolute atomic E-state index is 12.1. The number of aliphatic carboxylic acids is 1. The predicted molar refractivity (Wildman–Crippen MR) is 100 cm³/mol. The Bertz CT molecular complexity index is 793. The molecule has 1 aliphatic heterocycles. The van der Waals surface area contributed by atoms with Crippen molar-refractivity contribution >= 4 is 22.8 Å². The van der Waals surface area contributed by atoms with Gasteiger partial charge in [0.05, 0.1) is 6.54 Å². The Morgan fingerprint density at radius 2 is 1.92 bits per heavy atom. The van der Waals surface area contributed by atoms with Gasteiger partial charge in [-0.15, -0.1) is 0 Å². The highest BCUT2D eigenvalue weighted by molar-refractivity contribution is 5.90. The van der Waals surface area contributed by atoms with E-state index in [0.29, 0.717) is 39.3 Å². The van der Waals surface area contributed by atoms with Crippen LogP contribution in [0.25, 0.3) is 10.9 Å². The minimum Gasteiger partial charge on any atom is -0.480 e. The summed E-state index contributed by atoms with van der Waals surface area (Å²) >= 11 is 0. The van der Waals surface area contributed by atoms with E-state index in [2.05, 4.69) is 15.2 Å². The second-order valence-corrected chi connectivity index (χ2v) is 6.72. The van der Waals surface area contributed by atoms with Gasteiger partial charge in [0.2, 0.25) is 5.91 Å². The molecule has 1 atom stereocenters. The average molecular weight is 358 g/mol. The smallest absolute Gasteiger partial charge is 0.325 e. The molecule has 0 aliphatic carbocycles. The van der Waals surface area contributed by atoms with E-state index < -0.39 is 12.0 Å². The fraction of sp³-hybridized carbons (Fsp3) is 0.474. The number of carbonyl (C=O) groups excluding carboxylic acids is 1. The quantitative estimate of drug-likeness (QED) is 0.726. The second-order valence-electron chi connectivity index (χ2n) is 6.72. The lowest BCUT2D eigenvalue weighted by Gasteiger charge is -2.37. The third kappa shape index (κ3) is 3.73. The fourth-order valence-electron chi connectivity index (χ4n) is 3.75. The number of carbonyl (C=O) groups is 2. The Morgan fingerprint density at radius 3 is 2.58 bits per heavy atom. The van der Waals surface area contributed by atoms with Crippen LogP contribution in [0.3, 0.4) is 0 Å². The number of aryl methyl sites for hydroxylation is 1. The highest BCUT2D eigenvalue weighted by atomic mass is 16.4. The van der Waals surface area contributed by atoms with E-state index in [4.69, 9.17) is 0 Å². The van der Waals surface area contributed by atoms with Crippen molar-refractivity contribution in [3.8, 4) is 0 Å². The highest BCUT2D eigenvalue weighted by Gasteiger charge is 2.33. The number of nitrogens with zero attached hydrogens (tertiary/aromatic N) is 2. The van der Waals surface area contributed by atoms with Crippen molar-refractivity contribution in [2.24, 2.45) is 0 Å². The Kier molecular flexibility index (Phi) is 5.58. The molecule has 1 aromatic heterocycles. The van der Waals surface area contributed by atoms with Crippen LogP contribution in [0.5, 0.6) is 0 Å². The molecule has 2 heterocycles. The third-order valence-corrected chi connectivity index (χ3v) is 4.96. The van der Waals surface area contributed by atoms with E-state index >= 15 is 0 Å². The van der Waals surface area contributed by atoms with Crippen LogP contribution in [0.15, 0.2) is 24.3 Å². The summed E-state index contributed by atoms with van der Waals surface area (Å²) in [5.41, 5.74) is 2.69. The minimum absolute atomic E-state index is 0.0169. The minimum atomic E-state index is -0.838. The number of hydrogen-bond acceptors (Lipinski definition) is 4. The van der Waals surface area contributed by atoms with E-state index in [1.165, 1.54) is 0 Å². The number of aromatic nitrogens is 1. The first kappa shape index (κ1) is 18.4. The number of likely N-dealkylation sites (N-methyl/N-ethyl adjacent to an activating group) is 1. The molecule has 140 valence electrons. The second kappa shape index (κ2) is 7.88. The van der Waals surface area contributed by atoms with Gasteiger partial charge in [0.25, 0.3) is 0 Å². The molecule has 1 amide bonds. The Morgan fingerprint density at radius 1 is 1.23 bits per heavy atom. The molecule has 1 aromatic carbocycles. The van der Waals surface area contributed by atoms with Gasteiger partial charge in [0, 0.05) is 54.9 Å². The van der Waals surface area contributed by atoms with Gasteiger partial charge in [0.1, 0.15) is 6.04 Å². The number of para-hydroxylation sites is 1. The molecule has 2 aromatic rings. The van der Waals surface area contributed by atoms with Gasteiger partial charge in [-0.25, -0.2) is 0 Å². The van der Waals surface area contributed by atoms with E-state index in [0.717, 1.165) is 22.2 Å². The van der Waals surface area contributed by atoms with E-state index in [9.17, 15) is 14.7 Å². The van der Waals surface area contributed by atoms with Gasteiger partial charge in [-0.1, -0.05) is 18.2 Å². The number of rotatable bonds is 6. The summed E-state index contributed by atoms with van der Waals surface area (Å²) in [6.45, 7) is 7.42. The standard InChI is InChI=1S/C19H26N4O3/c1-3-20-16(24)12-22-8-10-23(11-9-22)18(19(25)26)17-13(2)21-15-7-5-4-6-14(15)17/h4-7,18,21H,3,8-12H2,1-2H3,(H,20,24)(H,25,26)/t18-/m1/s1. The summed E-state index contributed by atoms with van der Waals surface area (Å²) in [4.78, 5) is 31.2. The molecule has 1 aliphatic rings. The zero-order valence-corrected chi connectivity index (χ0v) is 15.3. The molecule has 1 saturated heterocycles. The lowest BCUT2D eigenvalue weighted by Crippen LogP contribution is -2.51. The summed E-state index contributed by atoms with van der Waals surface area (Å²) < 4.78 is 0. The maximum atomic E-state index is 12.1. The monoisotopic (exact) mass is 358 g/mol. The molecule has 1 fully saturated rings. The Labute approximate surface area is 153 Å². The van der Waals surface area contributed by atoms with E-state index in [-0.39, 0.29) is 5.91 Å². The highest BCUT2D eigenvalue weighted by Crippen LogP contribution is 2.32. The van der Waals surface area contributed by atoms with Crippen LogP contribution in [-0.4, -0.2) is 71.0 Å². The molecule has 0 saturated carbocycles. The van der Waals surface area contributed by atoms with E-state index in [1.807, 2.05) is 43.0 Å². The number of benzene rings is 1. The van der Waals surface area contributed by atoms with Crippen LogP contribution in [0, 0.1) is 6.92 Å². The molecule has 3 N–H and O–H groups in total. The largest absolute Gasteiger partial charge is 0.480 e. The zero-order valence-electron chi connectivity index (χ0n) is 15.3. The summed E-state index contributed by atoms with van der Waals surface area (Å²) in [5.74, 6) is -0.821. The molecular weight excluding hydrogens is 332 g/mol. The van der Waals surface area contributed by atoms with Crippen molar-refractivity contribution in [1.82, 2.24) is 20.1 Å². The summed E-state index contributed by atoms with van der Waals surface area (Å²) in [5, 5.41) is 13.7. The van der Waals surface area contributed by atoms with Crippen molar-refractivity contribution in [3.05, 3.63) is 35.5 Å². The zero-order chi connectivity index (χ0) is 18.7. The summed E-state index contributed by atoms with van der Waals surface area (Å²) in [7, 11) is 0. The van der Waals surface area contributed by atoms with Crippen LogP contribution in [-0.2, 0) is 9.59 Å². The van der Waals surface area contributed by atoms with E-state index in [1.54, 1.807) is 0 Å². The SMILES string of the molecule is CCNC(=O)CN1CCN([C@@H](C(=O)O)c2c(C)[nH]c3ccccc23)CC1. The van der Waals surface area contributed by atoms with Crippen LogP contribution in [0.1, 0.15) is 24.2 Å². The molecule has 3 rings (SSSR count). The molecule has 0 bridgehead atoms. The van der Waals surface area contributed by atoms with Crippen LogP contribution in [0.4, 0.5) is 0 Å². The van der Waals surface area contributed by atoms with Gasteiger partial charge in [-0.05, 0) is 19.9 Å². The number of aromatic amines is 1. The van der Waals surface area contributed by atoms with Crippen molar-refractivity contribution in [2.75, 3.05) is 39.3 Å². The first-order chi connectivity index (χ1) is 12.5. The van der Waals surface area contributed by atoms with Gasteiger partial charge in [-0.3, -0.25) is 19.4 Å². The molecule has 0 spiro atoms. The molecule has 7 nitrogen and oxygen atoms in total. The summed E-state index contributed by atoms with van der Waals surface area (Å²) in [6, 6.07) is 7.13. The third-order valence-electron chi connectivity index (χ3n) is 4.96. The number of hydrogen-bond donors (Lipinski definition) is 3. The molecule has 0 unspecified atom stereocenters. The van der Waals surface area contributed by atoms with Crippen LogP contribution < -0.4 is 5.32 Å². The number of carboxylic acids is 1.